The minimum absolute atomic E-state index is 0. The Kier molecular flexibility index (Phi) is 7.48. The molecule has 2 N–H and O–H groups in total. The molecular weight excluding hydrogens is 396 g/mol. The van der Waals surface area contributed by atoms with Gasteiger partial charge in [0.2, 0.25) is 5.91 Å². The van der Waals surface area contributed by atoms with Gasteiger partial charge in [-0.1, -0.05) is 32.0 Å². The second-order valence-electron chi connectivity index (χ2n) is 7.16. The lowest BCUT2D eigenvalue weighted by Gasteiger charge is -2.37. The highest BCUT2D eigenvalue weighted by Gasteiger charge is 2.49. The second kappa shape index (κ2) is 9.45. The number of methoxy groups -OCH3 is 1. The molecule has 0 bridgehead atoms. The average molecular weight is 425 g/mol. The monoisotopic (exact) mass is 424 g/mol. The first-order valence-corrected chi connectivity index (χ1v) is 9.74. The van der Waals surface area contributed by atoms with Crippen molar-refractivity contribution in [2.24, 2.45) is 0 Å². The third-order valence-electron chi connectivity index (χ3n) is 5.81. The summed E-state index contributed by atoms with van der Waals surface area (Å²) in [5.41, 5.74) is 0.00212. The molecule has 0 radical (unpaired) electrons. The largest absolute Gasteiger partial charge is 0.496 e. The van der Waals surface area contributed by atoms with Crippen molar-refractivity contribution in [1.29, 1.82) is 0 Å². The lowest BCUT2D eigenvalue weighted by Crippen LogP contribution is -2.52. The van der Waals surface area contributed by atoms with E-state index in [1.807, 2.05) is 38.1 Å². The van der Waals surface area contributed by atoms with E-state index in [9.17, 15) is 14.4 Å². The Morgan fingerprint density at radius 3 is 2.55 bits per heavy atom. The Bertz CT molecular complexity index is 769. The Hall–Kier alpha value is -2.32. The van der Waals surface area contributed by atoms with Crippen LogP contribution in [0.15, 0.2) is 24.3 Å². The Morgan fingerprint density at radius 1 is 1.24 bits per heavy atom. The SMILES string of the molecule is CCC1(CC)NC(=O)N(CC(=O)N2CCNCC2c2ccccc2OC)C1=O.Cl. The summed E-state index contributed by atoms with van der Waals surface area (Å²) in [6, 6.07) is 6.87. The molecule has 29 heavy (non-hydrogen) atoms. The number of urea groups is 1. The maximum Gasteiger partial charge on any atom is 0.325 e. The standard InChI is InChI=1S/C20H28N4O4.ClH/c1-4-20(5-2)18(26)24(19(27)22-20)13-17(25)23-11-10-21-12-15(23)14-8-6-7-9-16(14)28-3;/h6-9,15,21H,4-5,10-13H2,1-3H3,(H,22,27);1H. The van der Waals surface area contributed by atoms with Gasteiger partial charge in [0.25, 0.3) is 5.91 Å². The van der Waals surface area contributed by atoms with Crippen LogP contribution in [0.1, 0.15) is 38.3 Å². The smallest absolute Gasteiger partial charge is 0.325 e. The summed E-state index contributed by atoms with van der Waals surface area (Å²) in [5.74, 6) is 0.142. The molecule has 0 saturated carbocycles. The van der Waals surface area contributed by atoms with Gasteiger partial charge in [-0.3, -0.25) is 14.5 Å². The van der Waals surface area contributed by atoms with Gasteiger partial charge in [0, 0.05) is 25.2 Å². The normalized spacial score (nSPS) is 20.9. The number of para-hydroxylation sites is 1. The molecule has 2 saturated heterocycles. The number of rotatable bonds is 6. The van der Waals surface area contributed by atoms with Crippen molar-refractivity contribution in [3.8, 4) is 5.75 Å². The molecule has 0 aliphatic carbocycles. The number of hydrogen-bond acceptors (Lipinski definition) is 5. The van der Waals surface area contributed by atoms with Crippen molar-refractivity contribution >= 4 is 30.3 Å². The molecule has 2 fully saturated rings. The van der Waals surface area contributed by atoms with E-state index in [2.05, 4.69) is 10.6 Å². The fourth-order valence-electron chi connectivity index (χ4n) is 4.00. The van der Waals surface area contributed by atoms with E-state index in [4.69, 9.17) is 4.74 Å². The van der Waals surface area contributed by atoms with Crippen LogP contribution in [0.3, 0.4) is 0 Å². The fourth-order valence-corrected chi connectivity index (χ4v) is 4.00. The molecule has 1 unspecified atom stereocenters. The third-order valence-corrected chi connectivity index (χ3v) is 5.81. The number of amides is 4. The Balaban J connectivity index is 0.00000300. The molecule has 3 rings (SSSR count). The summed E-state index contributed by atoms with van der Waals surface area (Å²) < 4.78 is 5.46. The zero-order valence-electron chi connectivity index (χ0n) is 17.1. The van der Waals surface area contributed by atoms with Gasteiger partial charge in [-0.25, -0.2) is 4.79 Å². The van der Waals surface area contributed by atoms with Crippen LogP contribution in [-0.4, -0.2) is 66.5 Å². The number of carbonyl (C=O) groups excluding carboxylic acids is 3. The number of benzene rings is 1. The predicted molar refractivity (Wildman–Crippen MR) is 111 cm³/mol. The van der Waals surface area contributed by atoms with Gasteiger partial charge in [-0.05, 0) is 18.9 Å². The summed E-state index contributed by atoms with van der Waals surface area (Å²) in [5, 5.41) is 6.07. The van der Waals surface area contributed by atoms with Gasteiger partial charge in [0.15, 0.2) is 0 Å². The van der Waals surface area contributed by atoms with Crippen LogP contribution in [0, 0.1) is 0 Å². The van der Waals surface area contributed by atoms with Gasteiger partial charge >= 0.3 is 6.03 Å². The first kappa shape index (κ1) is 23.0. The first-order valence-electron chi connectivity index (χ1n) is 9.74. The number of imide groups is 1. The summed E-state index contributed by atoms with van der Waals surface area (Å²) in [6.45, 7) is 5.21. The van der Waals surface area contributed by atoms with Gasteiger partial charge in [0.05, 0.1) is 13.2 Å². The van der Waals surface area contributed by atoms with E-state index < -0.39 is 11.6 Å². The van der Waals surface area contributed by atoms with Crippen molar-refractivity contribution in [2.45, 2.75) is 38.3 Å². The number of nitrogens with zero attached hydrogens (tertiary/aromatic N) is 2. The van der Waals surface area contributed by atoms with Crippen LogP contribution in [0.2, 0.25) is 0 Å². The lowest BCUT2D eigenvalue weighted by atomic mass is 9.93. The molecule has 2 heterocycles. The van der Waals surface area contributed by atoms with E-state index in [-0.39, 0.29) is 36.8 Å². The van der Waals surface area contributed by atoms with Crippen molar-refractivity contribution in [2.75, 3.05) is 33.3 Å². The summed E-state index contributed by atoms with van der Waals surface area (Å²) >= 11 is 0. The van der Waals surface area contributed by atoms with Crippen molar-refractivity contribution < 1.29 is 19.1 Å². The fraction of sp³-hybridized carbons (Fsp3) is 0.550. The molecule has 0 aromatic heterocycles. The topological polar surface area (TPSA) is 91.0 Å². The minimum atomic E-state index is -0.900. The van der Waals surface area contributed by atoms with Crippen LogP contribution in [0.5, 0.6) is 5.75 Å². The number of halogens is 1. The molecule has 1 atom stereocenters. The number of piperazine rings is 1. The molecule has 160 valence electrons. The molecule has 1 aromatic rings. The van der Waals surface area contributed by atoms with Gasteiger partial charge in [-0.15, -0.1) is 12.4 Å². The highest BCUT2D eigenvalue weighted by atomic mass is 35.5. The van der Waals surface area contributed by atoms with Crippen molar-refractivity contribution in [1.82, 2.24) is 20.4 Å². The molecule has 2 aliphatic heterocycles. The molecule has 0 spiro atoms. The van der Waals surface area contributed by atoms with Gasteiger partial charge < -0.3 is 20.3 Å². The zero-order chi connectivity index (χ0) is 20.3. The van der Waals surface area contributed by atoms with Gasteiger partial charge in [0.1, 0.15) is 17.8 Å². The number of hydrogen-bond donors (Lipinski definition) is 2. The van der Waals surface area contributed by atoms with Crippen LogP contribution in [-0.2, 0) is 9.59 Å². The number of nitrogens with one attached hydrogen (secondary N) is 2. The highest BCUT2D eigenvalue weighted by Crippen LogP contribution is 2.31. The zero-order valence-corrected chi connectivity index (χ0v) is 17.9. The Morgan fingerprint density at radius 2 is 1.93 bits per heavy atom. The summed E-state index contributed by atoms with van der Waals surface area (Å²) in [7, 11) is 1.60. The van der Waals surface area contributed by atoms with Crippen LogP contribution in [0.4, 0.5) is 4.79 Å². The van der Waals surface area contributed by atoms with Crippen molar-refractivity contribution in [3.63, 3.8) is 0 Å². The molecular formula is C20H29ClN4O4. The van der Waals surface area contributed by atoms with Crippen LogP contribution < -0.4 is 15.4 Å². The minimum Gasteiger partial charge on any atom is -0.496 e. The van der Waals surface area contributed by atoms with E-state index in [1.165, 1.54) is 0 Å². The summed E-state index contributed by atoms with van der Waals surface area (Å²) in [6.07, 6.45) is 0.993. The number of carbonyl (C=O) groups is 3. The van der Waals surface area contributed by atoms with Gasteiger partial charge in [-0.2, -0.15) is 0 Å². The average Bonchev–Trinajstić information content (AvgIpc) is 2.98. The molecule has 1 aromatic carbocycles. The van der Waals surface area contributed by atoms with Crippen LogP contribution in [0.25, 0.3) is 0 Å². The molecule has 9 heteroatoms. The summed E-state index contributed by atoms with van der Waals surface area (Å²) in [4.78, 5) is 41.1. The molecule has 2 aliphatic rings. The molecule has 8 nitrogen and oxygen atoms in total. The van der Waals surface area contributed by atoms with E-state index in [1.54, 1.807) is 12.0 Å². The van der Waals surface area contributed by atoms with Crippen LogP contribution >= 0.6 is 12.4 Å². The maximum absolute atomic E-state index is 13.1. The lowest BCUT2D eigenvalue weighted by molar-refractivity contribution is -0.141. The second-order valence-corrected chi connectivity index (χ2v) is 7.16. The third kappa shape index (κ3) is 4.18. The number of ether oxygens (including phenoxy) is 1. The highest BCUT2D eigenvalue weighted by molar-refractivity contribution is 6.09. The van der Waals surface area contributed by atoms with E-state index in [0.717, 1.165) is 10.5 Å². The predicted octanol–water partition coefficient (Wildman–Crippen LogP) is 1.70. The van der Waals surface area contributed by atoms with E-state index in [0.29, 0.717) is 38.2 Å². The first-order chi connectivity index (χ1) is 13.5. The van der Waals surface area contributed by atoms with Crippen molar-refractivity contribution in [3.05, 3.63) is 29.8 Å². The molecule has 4 amide bonds. The Labute approximate surface area is 177 Å². The quantitative estimate of drug-likeness (QED) is 0.678. The van der Waals surface area contributed by atoms with E-state index >= 15 is 0 Å². The maximum atomic E-state index is 13.1.